The van der Waals surface area contributed by atoms with Gasteiger partial charge in [0.25, 0.3) is 0 Å². The lowest BCUT2D eigenvalue weighted by Crippen LogP contribution is -2.27. The number of Topliss-reactive ketones (excluding diaryl/α,β-unsaturated/α-hetero) is 1. The molecule has 0 aliphatic carbocycles. The Morgan fingerprint density at radius 3 is 2.53 bits per heavy atom. The molecule has 1 rings (SSSR count). The molecule has 0 unspecified atom stereocenters. The molecule has 1 amide bonds. The van der Waals surface area contributed by atoms with Crippen molar-refractivity contribution in [2.75, 3.05) is 11.9 Å². The van der Waals surface area contributed by atoms with Crippen LogP contribution in [0, 0.1) is 6.92 Å². The van der Waals surface area contributed by atoms with Crippen molar-refractivity contribution in [1.29, 1.82) is 0 Å². The van der Waals surface area contributed by atoms with Crippen molar-refractivity contribution >= 4 is 17.4 Å². The second kappa shape index (κ2) is 4.73. The van der Waals surface area contributed by atoms with Crippen molar-refractivity contribution in [3.05, 3.63) is 29.8 Å². The van der Waals surface area contributed by atoms with Crippen LogP contribution < -0.4 is 4.90 Å². The van der Waals surface area contributed by atoms with Gasteiger partial charge in [-0.1, -0.05) is 12.1 Å². The molecular formula is C12H15NO2. The van der Waals surface area contributed by atoms with Crippen molar-refractivity contribution in [3.63, 3.8) is 0 Å². The number of amides is 1. The first kappa shape index (κ1) is 11.4. The first-order chi connectivity index (χ1) is 7.00. The molecule has 0 radical (unpaired) electrons. The Bertz CT molecular complexity index is 385. The van der Waals surface area contributed by atoms with E-state index in [2.05, 4.69) is 0 Å². The van der Waals surface area contributed by atoms with Gasteiger partial charge in [-0.3, -0.25) is 9.59 Å². The Morgan fingerprint density at radius 2 is 2.00 bits per heavy atom. The Hall–Kier alpha value is -1.64. The molecule has 0 aromatic heterocycles. The highest BCUT2D eigenvalue weighted by molar-refractivity contribution is 6.04. The van der Waals surface area contributed by atoms with E-state index in [1.54, 1.807) is 7.05 Å². The molecule has 3 heteroatoms. The summed E-state index contributed by atoms with van der Waals surface area (Å²) in [7, 11) is 1.68. The standard InChI is InChI=1S/C12H15NO2/c1-9-5-4-6-11(7-9)13(3)12(15)8-10(2)14/h4-7H,8H2,1-3H3. The van der Waals surface area contributed by atoms with E-state index in [4.69, 9.17) is 0 Å². The minimum absolute atomic E-state index is 0.0373. The smallest absolute Gasteiger partial charge is 0.234 e. The molecule has 3 nitrogen and oxygen atoms in total. The summed E-state index contributed by atoms with van der Waals surface area (Å²) in [4.78, 5) is 23.9. The molecule has 0 spiro atoms. The number of ketones is 1. The second-order valence-corrected chi connectivity index (χ2v) is 3.67. The minimum Gasteiger partial charge on any atom is -0.315 e. The maximum atomic E-state index is 11.6. The van der Waals surface area contributed by atoms with Gasteiger partial charge in [0.1, 0.15) is 5.78 Å². The Labute approximate surface area is 89.7 Å². The molecule has 0 aliphatic heterocycles. The van der Waals surface area contributed by atoms with Crippen LogP contribution in [-0.4, -0.2) is 18.7 Å². The van der Waals surface area contributed by atoms with Crippen LogP contribution >= 0.6 is 0 Å². The summed E-state index contributed by atoms with van der Waals surface area (Å²) >= 11 is 0. The summed E-state index contributed by atoms with van der Waals surface area (Å²) in [6, 6.07) is 7.62. The van der Waals surface area contributed by atoms with Crippen LogP contribution in [0.3, 0.4) is 0 Å². The van der Waals surface area contributed by atoms with Crippen molar-refractivity contribution in [3.8, 4) is 0 Å². The number of carbonyl (C=O) groups is 2. The molecule has 0 N–H and O–H groups in total. The van der Waals surface area contributed by atoms with Crippen molar-refractivity contribution in [2.24, 2.45) is 0 Å². The molecule has 0 saturated carbocycles. The zero-order valence-electron chi connectivity index (χ0n) is 9.28. The summed E-state index contributed by atoms with van der Waals surface area (Å²) in [5.74, 6) is -0.285. The summed E-state index contributed by atoms with van der Waals surface area (Å²) in [5, 5.41) is 0. The highest BCUT2D eigenvalue weighted by Crippen LogP contribution is 2.14. The number of aryl methyl sites for hydroxylation is 1. The largest absolute Gasteiger partial charge is 0.315 e. The normalized spacial score (nSPS) is 9.80. The fraction of sp³-hybridized carbons (Fsp3) is 0.333. The van der Waals surface area contributed by atoms with Gasteiger partial charge < -0.3 is 4.90 Å². The predicted molar refractivity (Wildman–Crippen MR) is 59.9 cm³/mol. The molecule has 80 valence electrons. The maximum Gasteiger partial charge on any atom is 0.234 e. The van der Waals surface area contributed by atoms with Gasteiger partial charge in [0.05, 0.1) is 6.42 Å². The molecule has 0 heterocycles. The molecule has 0 bridgehead atoms. The van der Waals surface area contributed by atoms with E-state index in [1.165, 1.54) is 11.8 Å². The summed E-state index contributed by atoms with van der Waals surface area (Å²) in [5.41, 5.74) is 1.91. The van der Waals surface area contributed by atoms with Crippen molar-refractivity contribution < 1.29 is 9.59 Å². The number of carbonyl (C=O) groups excluding carboxylic acids is 2. The van der Waals surface area contributed by atoms with Gasteiger partial charge in [-0.15, -0.1) is 0 Å². The molecule has 0 fully saturated rings. The van der Waals surface area contributed by atoms with Crippen LogP contribution in [-0.2, 0) is 9.59 Å². The lowest BCUT2D eigenvalue weighted by Gasteiger charge is -2.16. The van der Waals surface area contributed by atoms with E-state index in [-0.39, 0.29) is 18.1 Å². The predicted octanol–water partition coefficient (Wildman–Crippen LogP) is 1.94. The highest BCUT2D eigenvalue weighted by Gasteiger charge is 2.12. The molecule has 0 aliphatic rings. The fourth-order valence-electron chi connectivity index (χ4n) is 1.31. The lowest BCUT2D eigenvalue weighted by molar-refractivity contribution is -0.125. The Kier molecular flexibility index (Phi) is 3.61. The van der Waals surface area contributed by atoms with Gasteiger partial charge >= 0.3 is 0 Å². The first-order valence-corrected chi connectivity index (χ1v) is 4.83. The number of rotatable bonds is 3. The molecule has 0 atom stereocenters. The summed E-state index contributed by atoms with van der Waals surface area (Å²) in [6.45, 7) is 3.38. The van der Waals surface area contributed by atoms with Crippen LogP contribution in [0.15, 0.2) is 24.3 Å². The monoisotopic (exact) mass is 205 g/mol. The van der Waals surface area contributed by atoms with Gasteiger partial charge in [0, 0.05) is 12.7 Å². The van der Waals surface area contributed by atoms with E-state index >= 15 is 0 Å². The quantitative estimate of drug-likeness (QED) is 0.707. The second-order valence-electron chi connectivity index (χ2n) is 3.67. The topological polar surface area (TPSA) is 37.4 Å². The van der Waals surface area contributed by atoms with Crippen LogP contribution in [0.5, 0.6) is 0 Å². The average molecular weight is 205 g/mol. The molecule has 15 heavy (non-hydrogen) atoms. The van der Waals surface area contributed by atoms with E-state index in [9.17, 15) is 9.59 Å². The third-order valence-electron chi connectivity index (χ3n) is 2.16. The first-order valence-electron chi connectivity index (χ1n) is 4.83. The van der Waals surface area contributed by atoms with Gasteiger partial charge in [0.2, 0.25) is 5.91 Å². The SMILES string of the molecule is CC(=O)CC(=O)N(C)c1cccc(C)c1. The van der Waals surface area contributed by atoms with Gasteiger partial charge in [-0.2, -0.15) is 0 Å². The Morgan fingerprint density at radius 1 is 1.33 bits per heavy atom. The number of hydrogen-bond acceptors (Lipinski definition) is 2. The maximum absolute atomic E-state index is 11.6. The third-order valence-corrected chi connectivity index (χ3v) is 2.16. The van der Waals surface area contributed by atoms with Crippen LogP contribution in [0.1, 0.15) is 18.9 Å². The van der Waals surface area contributed by atoms with Crippen LogP contribution in [0.25, 0.3) is 0 Å². The van der Waals surface area contributed by atoms with Crippen molar-refractivity contribution in [2.45, 2.75) is 20.3 Å². The van der Waals surface area contributed by atoms with Crippen LogP contribution in [0.4, 0.5) is 5.69 Å². The Balaban J connectivity index is 2.80. The van der Waals surface area contributed by atoms with E-state index in [0.717, 1.165) is 11.3 Å². The number of nitrogens with zero attached hydrogens (tertiary/aromatic N) is 1. The number of anilines is 1. The van der Waals surface area contributed by atoms with E-state index in [0.29, 0.717) is 0 Å². The molecule has 0 saturated heterocycles. The number of benzene rings is 1. The van der Waals surface area contributed by atoms with Gasteiger partial charge in [-0.25, -0.2) is 0 Å². The third kappa shape index (κ3) is 3.20. The van der Waals surface area contributed by atoms with E-state index in [1.807, 2.05) is 31.2 Å². The zero-order chi connectivity index (χ0) is 11.4. The van der Waals surface area contributed by atoms with E-state index < -0.39 is 0 Å². The van der Waals surface area contributed by atoms with Crippen LogP contribution in [0.2, 0.25) is 0 Å². The average Bonchev–Trinajstić information content (AvgIpc) is 2.15. The molecular weight excluding hydrogens is 190 g/mol. The van der Waals surface area contributed by atoms with Gasteiger partial charge in [-0.05, 0) is 31.5 Å². The molecule has 1 aromatic rings. The van der Waals surface area contributed by atoms with Gasteiger partial charge in [0.15, 0.2) is 0 Å². The zero-order valence-corrected chi connectivity index (χ0v) is 9.28. The lowest BCUT2D eigenvalue weighted by atomic mass is 10.2. The molecule has 1 aromatic carbocycles. The summed E-state index contributed by atoms with van der Waals surface area (Å²) in [6.07, 6.45) is -0.0373. The van der Waals surface area contributed by atoms with Crippen molar-refractivity contribution in [1.82, 2.24) is 0 Å². The highest BCUT2D eigenvalue weighted by atomic mass is 16.2. The fourth-order valence-corrected chi connectivity index (χ4v) is 1.31. The minimum atomic E-state index is -0.173. The number of hydrogen-bond donors (Lipinski definition) is 0. The summed E-state index contributed by atoms with van der Waals surface area (Å²) < 4.78 is 0.